The number of nitrogen functional groups attached to an aromatic ring is 1. The van der Waals surface area contributed by atoms with Crippen LogP contribution in [0.5, 0.6) is 11.6 Å². The summed E-state index contributed by atoms with van der Waals surface area (Å²) in [6.45, 7) is 3.45. The maximum atomic E-state index is 12.6. The van der Waals surface area contributed by atoms with Crippen LogP contribution < -0.4 is 10.5 Å². The first kappa shape index (κ1) is 15.4. The van der Waals surface area contributed by atoms with Crippen LogP contribution in [0.3, 0.4) is 0 Å². The highest BCUT2D eigenvalue weighted by molar-refractivity contribution is 6.30. The van der Waals surface area contributed by atoms with Gasteiger partial charge in [-0.3, -0.25) is 0 Å². The van der Waals surface area contributed by atoms with Gasteiger partial charge in [0.25, 0.3) is 0 Å². The first-order valence-corrected chi connectivity index (χ1v) is 6.21. The molecule has 1 aromatic heterocycles. The highest BCUT2D eigenvalue weighted by Crippen LogP contribution is 2.33. The first-order valence-electron chi connectivity index (χ1n) is 5.83. The normalized spacial score (nSPS) is 11.5. The Labute approximate surface area is 123 Å². The summed E-state index contributed by atoms with van der Waals surface area (Å²) in [4.78, 5) is 6.48. The highest BCUT2D eigenvalue weighted by atomic mass is 35.5. The van der Waals surface area contributed by atoms with Crippen LogP contribution in [0.15, 0.2) is 18.2 Å². The fourth-order valence-corrected chi connectivity index (χ4v) is 2.11. The Morgan fingerprint density at radius 2 is 1.67 bits per heavy atom. The average molecular weight is 318 g/mol. The van der Waals surface area contributed by atoms with Crippen LogP contribution in [-0.2, 0) is 6.18 Å². The van der Waals surface area contributed by atoms with Gasteiger partial charge in [-0.2, -0.15) is 18.2 Å². The van der Waals surface area contributed by atoms with Crippen LogP contribution in [0.25, 0.3) is 0 Å². The van der Waals surface area contributed by atoms with Gasteiger partial charge in [-0.15, -0.1) is 0 Å². The Balaban J connectivity index is 2.43. The van der Waals surface area contributed by atoms with Gasteiger partial charge in [-0.25, -0.2) is 4.98 Å². The number of nitrogens with two attached hydrogens (primary N) is 1. The van der Waals surface area contributed by atoms with Gasteiger partial charge < -0.3 is 10.5 Å². The number of hydrogen-bond acceptors (Lipinski definition) is 4. The number of aromatic nitrogens is 2. The molecule has 4 nitrogen and oxygen atoms in total. The van der Waals surface area contributed by atoms with Gasteiger partial charge in [0.05, 0.1) is 0 Å². The molecule has 0 aliphatic heterocycles. The van der Waals surface area contributed by atoms with E-state index in [0.29, 0.717) is 21.9 Å². The Morgan fingerprint density at radius 1 is 1.10 bits per heavy atom. The summed E-state index contributed by atoms with van der Waals surface area (Å²) in [5.41, 5.74) is 6.70. The van der Waals surface area contributed by atoms with Crippen molar-refractivity contribution in [2.45, 2.75) is 20.0 Å². The number of hydrogen-bond donors (Lipinski definition) is 1. The molecule has 2 rings (SSSR count). The number of nitrogens with zero attached hydrogens (tertiary/aromatic N) is 2. The lowest BCUT2D eigenvalue weighted by Gasteiger charge is -2.13. The van der Waals surface area contributed by atoms with E-state index >= 15 is 0 Å². The number of ether oxygens (including phenoxy) is 1. The van der Waals surface area contributed by atoms with E-state index in [0.717, 1.165) is 6.07 Å². The zero-order chi connectivity index (χ0) is 15.8. The summed E-state index contributed by atoms with van der Waals surface area (Å²) in [6, 6.07) is 4.40. The molecule has 2 aromatic rings. The lowest BCUT2D eigenvalue weighted by molar-refractivity contribution is -0.145. The van der Waals surface area contributed by atoms with Crippen LogP contribution in [0.4, 0.5) is 19.0 Å². The molecule has 0 saturated heterocycles. The largest absolute Gasteiger partial charge is 0.451 e. The van der Waals surface area contributed by atoms with Crippen molar-refractivity contribution in [3.05, 3.63) is 40.2 Å². The topological polar surface area (TPSA) is 61.0 Å². The quantitative estimate of drug-likeness (QED) is 0.904. The second kappa shape index (κ2) is 5.40. The third kappa shape index (κ3) is 3.55. The van der Waals surface area contributed by atoms with Gasteiger partial charge >= 0.3 is 6.18 Å². The minimum absolute atomic E-state index is 0.275. The average Bonchev–Trinajstić information content (AvgIpc) is 2.32. The predicted molar refractivity (Wildman–Crippen MR) is 72.4 cm³/mol. The smallest absolute Gasteiger partial charge is 0.438 e. The molecule has 0 aliphatic rings. The van der Waals surface area contributed by atoms with E-state index in [1.165, 1.54) is 0 Å². The Bertz CT molecular complexity index is 666. The van der Waals surface area contributed by atoms with Crippen molar-refractivity contribution in [2.75, 3.05) is 5.73 Å². The second-order valence-corrected chi connectivity index (χ2v) is 4.86. The van der Waals surface area contributed by atoms with Crippen molar-refractivity contribution in [1.29, 1.82) is 0 Å². The van der Waals surface area contributed by atoms with Crippen molar-refractivity contribution < 1.29 is 17.9 Å². The number of aryl methyl sites for hydroxylation is 2. The standard InChI is InChI=1S/C13H11ClF3N3O/c1-6-3-8(14)4-7(2)11(6)21-10-5-9(18)19-12(20-10)13(15,16)17/h3-5H,1-2H3,(H2,18,19,20). The van der Waals surface area contributed by atoms with Gasteiger partial charge in [-0.1, -0.05) is 11.6 Å². The molecule has 21 heavy (non-hydrogen) atoms. The fourth-order valence-electron chi connectivity index (χ4n) is 1.78. The number of alkyl halides is 3. The zero-order valence-corrected chi connectivity index (χ0v) is 11.9. The Hall–Kier alpha value is -2.02. The molecule has 0 radical (unpaired) electrons. The molecular weight excluding hydrogens is 307 g/mol. The highest BCUT2D eigenvalue weighted by Gasteiger charge is 2.35. The Kier molecular flexibility index (Phi) is 3.95. The summed E-state index contributed by atoms with van der Waals surface area (Å²) >= 11 is 5.89. The molecule has 112 valence electrons. The third-order valence-corrected chi connectivity index (χ3v) is 2.83. The second-order valence-electron chi connectivity index (χ2n) is 4.42. The lowest BCUT2D eigenvalue weighted by Crippen LogP contribution is -2.13. The van der Waals surface area contributed by atoms with E-state index in [1.807, 2.05) is 0 Å². The summed E-state index contributed by atoms with van der Waals surface area (Å²) in [7, 11) is 0. The molecule has 0 saturated carbocycles. The molecule has 1 aromatic carbocycles. The molecule has 0 amide bonds. The Morgan fingerprint density at radius 3 is 2.19 bits per heavy atom. The summed E-state index contributed by atoms with van der Waals surface area (Å²) in [6.07, 6.45) is -4.70. The van der Waals surface area contributed by atoms with Crippen LogP contribution in [0.2, 0.25) is 5.02 Å². The minimum atomic E-state index is -4.70. The van der Waals surface area contributed by atoms with Crippen molar-refractivity contribution in [1.82, 2.24) is 9.97 Å². The number of benzene rings is 1. The molecule has 8 heteroatoms. The van der Waals surface area contributed by atoms with Crippen molar-refractivity contribution in [3.8, 4) is 11.6 Å². The van der Waals surface area contributed by atoms with Crippen LogP contribution in [0, 0.1) is 13.8 Å². The van der Waals surface area contributed by atoms with Crippen molar-refractivity contribution >= 4 is 17.4 Å². The van der Waals surface area contributed by atoms with Crippen LogP contribution in [-0.4, -0.2) is 9.97 Å². The molecule has 0 atom stereocenters. The summed E-state index contributed by atoms with van der Waals surface area (Å²) in [5, 5.41) is 0.510. The van der Waals surface area contributed by atoms with Crippen LogP contribution in [0.1, 0.15) is 17.0 Å². The van der Waals surface area contributed by atoms with E-state index in [9.17, 15) is 13.2 Å². The van der Waals surface area contributed by atoms with E-state index < -0.39 is 12.0 Å². The SMILES string of the molecule is Cc1cc(Cl)cc(C)c1Oc1cc(N)nc(C(F)(F)F)n1. The van der Waals surface area contributed by atoms with E-state index in [-0.39, 0.29) is 11.7 Å². The predicted octanol–water partition coefficient (Wildman–Crippen LogP) is 4.14. The first-order chi connectivity index (χ1) is 9.66. The van der Waals surface area contributed by atoms with E-state index in [4.69, 9.17) is 22.1 Å². The molecule has 1 heterocycles. The van der Waals surface area contributed by atoms with Crippen LogP contribution >= 0.6 is 11.6 Å². The third-order valence-electron chi connectivity index (χ3n) is 2.61. The van der Waals surface area contributed by atoms with Gasteiger partial charge in [-0.05, 0) is 37.1 Å². The van der Waals surface area contributed by atoms with Crippen molar-refractivity contribution in [3.63, 3.8) is 0 Å². The van der Waals surface area contributed by atoms with Crippen molar-refractivity contribution in [2.24, 2.45) is 0 Å². The molecule has 0 bridgehead atoms. The molecule has 0 fully saturated rings. The maximum Gasteiger partial charge on any atom is 0.451 e. The van der Waals surface area contributed by atoms with Gasteiger partial charge in [0, 0.05) is 11.1 Å². The fraction of sp³-hybridized carbons (Fsp3) is 0.231. The monoisotopic (exact) mass is 317 g/mol. The minimum Gasteiger partial charge on any atom is -0.438 e. The van der Waals surface area contributed by atoms with Gasteiger partial charge in [0.15, 0.2) is 0 Å². The summed E-state index contributed by atoms with van der Waals surface area (Å²) < 4.78 is 43.4. The number of rotatable bonds is 2. The molecule has 0 unspecified atom stereocenters. The zero-order valence-electron chi connectivity index (χ0n) is 11.1. The lowest BCUT2D eigenvalue weighted by atomic mass is 10.1. The molecular formula is C13H11ClF3N3O. The van der Waals surface area contributed by atoms with Gasteiger partial charge in [0.2, 0.25) is 11.7 Å². The van der Waals surface area contributed by atoms with Gasteiger partial charge in [0.1, 0.15) is 11.6 Å². The van der Waals surface area contributed by atoms with E-state index in [1.54, 1.807) is 26.0 Å². The number of halogens is 4. The summed E-state index contributed by atoms with van der Waals surface area (Å²) in [5.74, 6) is -1.56. The maximum absolute atomic E-state index is 12.6. The number of anilines is 1. The molecule has 0 aliphatic carbocycles. The molecule has 0 spiro atoms. The van der Waals surface area contributed by atoms with E-state index in [2.05, 4.69) is 9.97 Å². The molecule has 2 N–H and O–H groups in total.